The van der Waals surface area contributed by atoms with Gasteiger partial charge in [0.15, 0.2) is 0 Å². The van der Waals surface area contributed by atoms with E-state index in [2.05, 4.69) is 10.3 Å². The summed E-state index contributed by atoms with van der Waals surface area (Å²) in [6.45, 7) is 1.89. The van der Waals surface area contributed by atoms with E-state index in [1.165, 1.54) is 32.1 Å². The van der Waals surface area contributed by atoms with Gasteiger partial charge in [0.05, 0.1) is 5.92 Å². The fraction of sp³-hybridized carbons (Fsp3) is 0.682. The first-order valence-electron chi connectivity index (χ1n) is 10.6. The molecule has 1 saturated heterocycles. The lowest BCUT2D eigenvalue weighted by molar-refractivity contribution is -0.131. The smallest absolute Gasteiger partial charge is 0.225 e. The molecule has 1 aliphatic heterocycles. The van der Waals surface area contributed by atoms with E-state index in [1.54, 1.807) is 12.4 Å². The van der Waals surface area contributed by atoms with Gasteiger partial charge in [-0.15, -0.1) is 0 Å². The van der Waals surface area contributed by atoms with Gasteiger partial charge in [-0.05, 0) is 36.8 Å². The van der Waals surface area contributed by atoms with E-state index in [9.17, 15) is 9.59 Å². The second kappa shape index (κ2) is 7.99. The molecule has 1 N–H and O–H groups in total. The molecule has 5 nitrogen and oxygen atoms in total. The van der Waals surface area contributed by atoms with E-state index < -0.39 is 0 Å². The molecule has 1 atom stereocenters. The van der Waals surface area contributed by atoms with Crippen molar-refractivity contribution in [2.75, 3.05) is 13.1 Å². The van der Waals surface area contributed by atoms with E-state index in [0.717, 1.165) is 37.3 Å². The Morgan fingerprint density at radius 2 is 2.04 bits per heavy atom. The monoisotopic (exact) mass is 369 g/mol. The van der Waals surface area contributed by atoms with Gasteiger partial charge in [0, 0.05) is 43.9 Å². The maximum atomic E-state index is 12.9. The van der Waals surface area contributed by atoms with Crippen LogP contribution >= 0.6 is 0 Å². The molecule has 4 rings (SSSR count). The first kappa shape index (κ1) is 18.5. The predicted octanol–water partition coefficient (Wildman–Crippen LogP) is 3.30. The Bertz CT molecular complexity index is 665. The molecule has 0 bridgehead atoms. The number of hydrogen-bond acceptors (Lipinski definition) is 3. The highest BCUT2D eigenvalue weighted by atomic mass is 16.2. The first-order chi connectivity index (χ1) is 13.2. The van der Waals surface area contributed by atoms with Crippen LogP contribution in [0.3, 0.4) is 0 Å². The van der Waals surface area contributed by atoms with Crippen molar-refractivity contribution in [3.05, 3.63) is 30.1 Å². The maximum absolute atomic E-state index is 12.9. The summed E-state index contributed by atoms with van der Waals surface area (Å²) in [7, 11) is 0. The van der Waals surface area contributed by atoms with Gasteiger partial charge in [0.2, 0.25) is 11.8 Å². The summed E-state index contributed by atoms with van der Waals surface area (Å²) in [5, 5.41) is 3.08. The number of rotatable bonds is 6. The summed E-state index contributed by atoms with van der Waals surface area (Å²) >= 11 is 0. The molecule has 3 aliphatic rings. The normalized spacial score (nSPS) is 24.1. The first-order valence-corrected chi connectivity index (χ1v) is 10.6. The van der Waals surface area contributed by atoms with Gasteiger partial charge in [-0.2, -0.15) is 0 Å². The van der Waals surface area contributed by atoms with E-state index in [-0.39, 0.29) is 23.1 Å². The van der Waals surface area contributed by atoms with E-state index in [4.69, 9.17) is 0 Å². The Hall–Kier alpha value is -1.91. The molecule has 2 heterocycles. The van der Waals surface area contributed by atoms with Gasteiger partial charge in [0.25, 0.3) is 0 Å². The summed E-state index contributed by atoms with van der Waals surface area (Å²) < 4.78 is 0. The third kappa shape index (κ3) is 4.02. The lowest BCUT2D eigenvalue weighted by Crippen LogP contribution is -2.45. The van der Waals surface area contributed by atoms with Crippen LogP contribution in [0.15, 0.2) is 24.5 Å². The molecule has 3 fully saturated rings. The van der Waals surface area contributed by atoms with Gasteiger partial charge >= 0.3 is 0 Å². The van der Waals surface area contributed by atoms with Crippen LogP contribution in [0, 0.1) is 17.3 Å². The fourth-order valence-electron chi connectivity index (χ4n) is 5.26. The molecular weight excluding hydrogens is 338 g/mol. The van der Waals surface area contributed by atoms with Crippen molar-refractivity contribution in [2.45, 2.75) is 64.3 Å². The number of nitrogens with one attached hydrogen (secondary N) is 1. The van der Waals surface area contributed by atoms with Crippen molar-refractivity contribution in [1.29, 1.82) is 0 Å². The lowest BCUT2D eigenvalue weighted by atomic mass is 9.62. The quantitative estimate of drug-likeness (QED) is 0.837. The minimum absolute atomic E-state index is 0.0298. The molecule has 1 aromatic rings. The van der Waals surface area contributed by atoms with Gasteiger partial charge in [0.1, 0.15) is 0 Å². The topological polar surface area (TPSA) is 62.3 Å². The van der Waals surface area contributed by atoms with E-state index >= 15 is 0 Å². The predicted molar refractivity (Wildman–Crippen MR) is 104 cm³/mol. The highest BCUT2D eigenvalue weighted by Gasteiger charge is 2.54. The largest absolute Gasteiger partial charge is 0.352 e. The molecule has 1 aromatic heterocycles. The molecular formula is C22H31N3O2. The zero-order chi connectivity index (χ0) is 18.7. The van der Waals surface area contributed by atoms with E-state index in [0.29, 0.717) is 19.5 Å². The van der Waals surface area contributed by atoms with Crippen molar-refractivity contribution in [1.82, 2.24) is 15.2 Å². The number of nitrogens with zero attached hydrogens (tertiary/aromatic N) is 2. The Morgan fingerprint density at radius 3 is 2.70 bits per heavy atom. The van der Waals surface area contributed by atoms with Crippen LogP contribution in [-0.2, 0) is 16.1 Å². The summed E-state index contributed by atoms with van der Waals surface area (Å²) in [6, 6.07) is 3.86. The van der Waals surface area contributed by atoms with Crippen molar-refractivity contribution in [3.63, 3.8) is 0 Å². The van der Waals surface area contributed by atoms with Crippen LogP contribution in [0.25, 0.3) is 0 Å². The maximum Gasteiger partial charge on any atom is 0.225 e. The number of aromatic nitrogens is 1. The van der Waals surface area contributed by atoms with Gasteiger partial charge in [-0.25, -0.2) is 0 Å². The minimum atomic E-state index is -0.0571. The Balaban J connectivity index is 1.33. The van der Waals surface area contributed by atoms with Crippen molar-refractivity contribution < 1.29 is 9.59 Å². The molecule has 146 valence electrons. The molecule has 0 radical (unpaired) electrons. The summed E-state index contributed by atoms with van der Waals surface area (Å²) in [4.78, 5) is 31.7. The van der Waals surface area contributed by atoms with Crippen LogP contribution in [0.4, 0.5) is 0 Å². The highest BCUT2D eigenvalue weighted by molar-refractivity contribution is 5.83. The molecule has 2 aliphatic carbocycles. The second-order valence-electron chi connectivity index (χ2n) is 8.81. The Morgan fingerprint density at radius 1 is 1.22 bits per heavy atom. The van der Waals surface area contributed by atoms with Crippen molar-refractivity contribution in [2.24, 2.45) is 17.3 Å². The van der Waals surface area contributed by atoms with E-state index in [1.807, 2.05) is 17.0 Å². The third-order valence-corrected chi connectivity index (χ3v) is 7.10. The lowest BCUT2D eigenvalue weighted by Gasteiger charge is -2.41. The Kier molecular flexibility index (Phi) is 5.46. The van der Waals surface area contributed by atoms with Gasteiger partial charge in [-0.1, -0.05) is 38.2 Å². The molecule has 27 heavy (non-hydrogen) atoms. The number of likely N-dealkylation sites (tertiary alicyclic amines) is 1. The van der Waals surface area contributed by atoms with Crippen LogP contribution in [-0.4, -0.2) is 34.8 Å². The third-order valence-electron chi connectivity index (χ3n) is 7.10. The fourth-order valence-corrected chi connectivity index (χ4v) is 5.26. The minimum Gasteiger partial charge on any atom is -0.352 e. The number of amides is 2. The number of hydrogen-bond donors (Lipinski definition) is 1. The van der Waals surface area contributed by atoms with Crippen LogP contribution < -0.4 is 5.32 Å². The molecule has 5 heteroatoms. The number of carbonyl (C=O) groups is 2. The molecule has 0 aromatic carbocycles. The number of carbonyl (C=O) groups excluding carboxylic acids is 2. The zero-order valence-electron chi connectivity index (χ0n) is 16.2. The van der Waals surface area contributed by atoms with Crippen LogP contribution in [0.5, 0.6) is 0 Å². The second-order valence-corrected chi connectivity index (χ2v) is 8.81. The SMILES string of the molecule is O=C(NCc1cccnc1)C1CN(C(=O)CCC2CCCC2)CC12CCC2. The van der Waals surface area contributed by atoms with Gasteiger partial charge in [-0.3, -0.25) is 14.6 Å². The van der Waals surface area contributed by atoms with Crippen molar-refractivity contribution in [3.8, 4) is 0 Å². The van der Waals surface area contributed by atoms with Gasteiger partial charge < -0.3 is 10.2 Å². The highest BCUT2D eigenvalue weighted by Crippen LogP contribution is 2.52. The molecule has 2 saturated carbocycles. The van der Waals surface area contributed by atoms with Crippen LogP contribution in [0.2, 0.25) is 0 Å². The van der Waals surface area contributed by atoms with Crippen LogP contribution in [0.1, 0.15) is 63.4 Å². The number of pyridine rings is 1. The Labute approximate surface area is 161 Å². The molecule has 1 spiro atoms. The molecule has 1 unspecified atom stereocenters. The average Bonchev–Trinajstić information content (AvgIpc) is 3.32. The van der Waals surface area contributed by atoms with Crippen molar-refractivity contribution >= 4 is 11.8 Å². The summed E-state index contributed by atoms with van der Waals surface area (Å²) in [5.74, 6) is 1.05. The zero-order valence-corrected chi connectivity index (χ0v) is 16.2. The average molecular weight is 370 g/mol. The summed E-state index contributed by atoms with van der Waals surface area (Å²) in [6.07, 6.45) is 13.8. The standard InChI is InChI=1S/C22H31N3O2/c26-20(9-8-17-5-1-2-6-17)25-15-19(22(16-25)10-4-11-22)21(27)24-14-18-7-3-12-23-13-18/h3,7,12-13,17,19H,1-2,4-6,8-11,14-16H2,(H,24,27). The molecule has 2 amide bonds. The summed E-state index contributed by atoms with van der Waals surface area (Å²) in [5.41, 5.74) is 1.04.